The minimum absolute atomic E-state index is 0.00379. The second-order valence-corrected chi connectivity index (χ2v) is 12.2. The molecule has 4 rings (SSSR count). The molecule has 2 aliphatic carbocycles. The standard InChI is InChI=1S/C29H45N5O3/c1-27(2,25(36)30-3)32(6)24(35)20-33-21-28(34(26(33)37)19-22-11-10-12-22)15-17-29(18-16-28,31(4)5)23-13-8-7-9-14-23/h7-9,13-14,22H,10-12,15-21H2,1-6H3,(H,30,36). The number of nitrogens with one attached hydrogen (secondary N) is 1. The van der Waals surface area contributed by atoms with Crippen LogP contribution in [0.25, 0.3) is 0 Å². The average molecular weight is 512 g/mol. The predicted molar refractivity (Wildman–Crippen MR) is 145 cm³/mol. The molecule has 0 unspecified atom stereocenters. The number of amides is 4. The first-order valence-electron chi connectivity index (χ1n) is 13.8. The van der Waals surface area contributed by atoms with Crippen LogP contribution in [0.4, 0.5) is 4.79 Å². The molecule has 3 fully saturated rings. The summed E-state index contributed by atoms with van der Waals surface area (Å²) >= 11 is 0. The predicted octanol–water partition coefficient (Wildman–Crippen LogP) is 3.28. The summed E-state index contributed by atoms with van der Waals surface area (Å²) in [5.41, 5.74) is 0.0215. The molecule has 4 amide bonds. The summed E-state index contributed by atoms with van der Waals surface area (Å²) in [6, 6.07) is 10.7. The van der Waals surface area contributed by atoms with Crippen molar-refractivity contribution in [3.63, 3.8) is 0 Å². The smallest absolute Gasteiger partial charge is 0.321 e. The Morgan fingerprint density at radius 3 is 2.19 bits per heavy atom. The third-order valence-electron chi connectivity index (χ3n) is 9.72. The average Bonchev–Trinajstić information content (AvgIpc) is 3.10. The van der Waals surface area contributed by atoms with Gasteiger partial charge in [-0.25, -0.2) is 4.79 Å². The highest BCUT2D eigenvalue weighted by molar-refractivity contribution is 5.92. The zero-order valence-corrected chi connectivity index (χ0v) is 23.5. The second kappa shape index (κ2) is 10.3. The van der Waals surface area contributed by atoms with Gasteiger partial charge in [0, 0.05) is 32.7 Å². The maximum atomic E-state index is 13.8. The molecule has 0 radical (unpaired) electrons. The summed E-state index contributed by atoms with van der Waals surface area (Å²) in [7, 11) is 7.53. The minimum Gasteiger partial charge on any atom is -0.357 e. The number of carbonyl (C=O) groups excluding carboxylic acids is 3. The Balaban J connectivity index is 1.55. The molecule has 1 saturated heterocycles. The highest BCUT2D eigenvalue weighted by Crippen LogP contribution is 2.49. The van der Waals surface area contributed by atoms with E-state index in [1.165, 1.54) is 29.7 Å². The Kier molecular flexibility index (Phi) is 7.62. The van der Waals surface area contributed by atoms with Crippen LogP contribution in [-0.2, 0) is 15.1 Å². The van der Waals surface area contributed by atoms with Gasteiger partial charge in [-0.1, -0.05) is 36.8 Å². The van der Waals surface area contributed by atoms with E-state index in [-0.39, 0.29) is 35.5 Å². The van der Waals surface area contributed by atoms with E-state index in [4.69, 9.17) is 0 Å². The van der Waals surface area contributed by atoms with Gasteiger partial charge in [0.15, 0.2) is 0 Å². The lowest BCUT2D eigenvalue weighted by molar-refractivity contribution is -0.144. The quantitative estimate of drug-likeness (QED) is 0.581. The molecule has 3 aliphatic rings. The largest absolute Gasteiger partial charge is 0.357 e. The molecule has 1 N–H and O–H groups in total. The summed E-state index contributed by atoms with van der Waals surface area (Å²) in [5.74, 6) is 0.110. The van der Waals surface area contributed by atoms with Crippen molar-refractivity contribution in [2.45, 2.75) is 75.4 Å². The van der Waals surface area contributed by atoms with Crippen molar-refractivity contribution in [1.82, 2.24) is 24.9 Å². The molecule has 204 valence electrons. The lowest BCUT2D eigenvalue weighted by Gasteiger charge is -2.51. The lowest BCUT2D eigenvalue weighted by Crippen LogP contribution is -2.56. The van der Waals surface area contributed by atoms with E-state index in [0.717, 1.165) is 32.2 Å². The van der Waals surface area contributed by atoms with E-state index in [9.17, 15) is 14.4 Å². The number of urea groups is 1. The van der Waals surface area contributed by atoms with Crippen molar-refractivity contribution in [2.75, 3.05) is 47.8 Å². The summed E-state index contributed by atoms with van der Waals surface area (Å²) in [6.07, 6.45) is 7.32. The van der Waals surface area contributed by atoms with Crippen molar-refractivity contribution in [3.05, 3.63) is 35.9 Å². The van der Waals surface area contributed by atoms with Gasteiger partial charge in [-0.2, -0.15) is 0 Å². The zero-order chi connectivity index (χ0) is 27.0. The van der Waals surface area contributed by atoms with E-state index in [2.05, 4.69) is 59.5 Å². The SMILES string of the molecule is CNC(=O)C(C)(C)N(C)C(=O)CN1CC2(CCC(c3ccccc3)(N(C)C)CC2)N(CC2CCC2)C1=O. The van der Waals surface area contributed by atoms with Crippen molar-refractivity contribution < 1.29 is 14.4 Å². The molecule has 2 saturated carbocycles. The number of carbonyl (C=O) groups is 3. The van der Waals surface area contributed by atoms with E-state index in [1.807, 2.05) is 0 Å². The van der Waals surface area contributed by atoms with Crippen LogP contribution in [0.3, 0.4) is 0 Å². The van der Waals surface area contributed by atoms with Gasteiger partial charge < -0.3 is 20.0 Å². The molecule has 8 nitrogen and oxygen atoms in total. The molecular weight excluding hydrogens is 466 g/mol. The number of benzene rings is 1. The third-order valence-corrected chi connectivity index (χ3v) is 9.72. The Morgan fingerprint density at radius 2 is 1.68 bits per heavy atom. The third kappa shape index (κ3) is 4.85. The molecule has 1 heterocycles. The number of hydrogen-bond donors (Lipinski definition) is 1. The van der Waals surface area contributed by atoms with Crippen LogP contribution >= 0.6 is 0 Å². The molecule has 1 aromatic carbocycles. The Bertz CT molecular complexity index is 996. The molecule has 0 bridgehead atoms. The molecular formula is C29H45N5O3. The van der Waals surface area contributed by atoms with Crippen LogP contribution in [0.2, 0.25) is 0 Å². The van der Waals surface area contributed by atoms with Crippen LogP contribution in [0.1, 0.15) is 64.4 Å². The van der Waals surface area contributed by atoms with Crippen molar-refractivity contribution in [2.24, 2.45) is 5.92 Å². The molecule has 1 spiro atoms. The van der Waals surface area contributed by atoms with Crippen LogP contribution < -0.4 is 5.32 Å². The van der Waals surface area contributed by atoms with Crippen molar-refractivity contribution in [1.29, 1.82) is 0 Å². The second-order valence-electron chi connectivity index (χ2n) is 12.2. The van der Waals surface area contributed by atoms with E-state index in [0.29, 0.717) is 12.5 Å². The first-order chi connectivity index (χ1) is 17.5. The number of hydrogen-bond acceptors (Lipinski definition) is 4. The van der Waals surface area contributed by atoms with Crippen molar-refractivity contribution in [3.8, 4) is 0 Å². The van der Waals surface area contributed by atoms with Gasteiger partial charge in [-0.15, -0.1) is 0 Å². The van der Waals surface area contributed by atoms with Crippen LogP contribution in [-0.4, -0.2) is 96.3 Å². The van der Waals surface area contributed by atoms with Crippen molar-refractivity contribution >= 4 is 17.8 Å². The number of rotatable bonds is 8. The summed E-state index contributed by atoms with van der Waals surface area (Å²) in [6.45, 7) is 4.80. The van der Waals surface area contributed by atoms with Gasteiger partial charge in [0.2, 0.25) is 11.8 Å². The minimum atomic E-state index is -0.996. The Hall–Kier alpha value is -2.61. The van der Waals surface area contributed by atoms with E-state index >= 15 is 0 Å². The fourth-order valence-electron chi connectivity index (χ4n) is 6.55. The molecule has 0 aromatic heterocycles. The zero-order valence-electron chi connectivity index (χ0n) is 23.5. The molecule has 1 aliphatic heterocycles. The van der Waals surface area contributed by atoms with Gasteiger partial charge in [0.05, 0.1) is 5.54 Å². The molecule has 0 atom stereocenters. The van der Waals surface area contributed by atoms with Crippen LogP contribution in [0.15, 0.2) is 30.3 Å². The van der Waals surface area contributed by atoms with Gasteiger partial charge in [-0.3, -0.25) is 14.5 Å². The van der Waals surface area contributed by atoms with E-state index in [1.54, 1.807) is 32.8 Å². The molecule has 8 heteroatoms. The van der Waals surface area contributed by atoms with E-state index < -0.39 is 5.54 Å². The van der Waals surface area contributed by atoms with Crippen LogP contribution in [0.5, 0.6) is 0 Å². The number of likely N-dealkylation sites (N-methyl/N-ethyl adjacent to an activating group) is 2. The highest BCUT2D eigenvalue weighted by Gasteiger charge is 2.55. The first kappa shape index (κ1) is 27.4. The first-order valence-corrected chi connectivity index (χ1v) is 13.8. The lowest BCUT2D eigenvalue weighted by atomic mass is 9.68. The fourth-order valence-corrected chi connectivity index (χ4v) is 6.55. The maximum absolute atomic E-state index is 13.8. The Labute approximate surface area is 222 Å². The highest BCUT2D eigenvalue weighted by atomic mass is 16.2. The fraction of sp³-hybridized carbons (Fsp3) is 0.690. The van der Waals surface area contributed by atoms with Crippen LogP contribution in [0, 0.1) is 5.92 Å². The Morgan fingerprint density at radius 1 is 1.05 bits per heavy atom. The number of nitrogens with zero attached hydrogens (tertiary/aromatic N) is 4. The summed E-state index contributed by atoms with van der Waals surface area (Å²) in [5, 5.41) is 2.64. The van der Waals surface area contributed by atoms with Gasteiger partial charge in [0.25, 0.3) is 0 Å². The maximum Gasteiger partial charge on any atom is 0.321 e. The summed E-state index contributed by atoms with van der Waals surface area (Å²) in [4.78, 5) is 47.1. The van der Waals surface area contributed by atoms with Gasteiger partial charge in [-0.05, 0) is 77.9 Å². The normalized spacial score (nSPS) is 26.5. The van der Waals surface area contributed by atoms with Gasteiger partial charge in [0.1, 0.15) is 12.1 Å². The van der Waals surface area contributed by atoms with Gasteiger partial charge >= 0.3 is 6.03 Å². The molecule has 37 heavy (non-hydrogen) atoms. The molecule has 1 aromatic rings. The summed E-state index contributed by atoms with van der Waals surface area (Å²) < 4.78 is 0. The monoisotopic (exact) mass is 511 g/mol. The topological polar surface area (TPSA) is 76.2 Å².